The van der Waals surface area contributed by atoms with Gasteiger partial charge in [0.1, 0.15) is 5.82 Å². The lowest BCUT2D eigenvalue weighted by molar-refractivity contribution is 1.29. The van der Waals surface area contributed by atoms with Crippen LogP contribution in [0.15, 0.2) is 28.7 Å². The third kappa shape index (κ3) is 3.33. The molecule has 0 aliphatic carbocycles. The van der Waals surface area contributed by atoms with E-state index in [1.54, 1.807) is 29.8 Å². The Morgan fingerprint density at radius 1 is 1.41 bits per heavy atom. The molecule has 0 amide bonds. The number of thiazole rings is 1. The summed E-state index contributed by atoms with van der Waals surface area (Å²) < 4.78 is 0. The van der Waals surface area contributed by atoms with Crippen molar-refractivity contribution < 1.29 is 0 Å². The molecular weight excluding hydrogens is 279 g/mol. The van der Waals surface area contributed by atoms with Crippen LogP contribution in [0.2, 0.25) is 10.0 Å². The highest BCUT2D eigenvalue weighted by atomic mass is 35.5. The molecule has 0 bridgehead atoms. The van der Waals surface area contributed by atoms with Crippen LogP contribution in [0.4, 0.5) is 10.9 Å². The minimum absolute atomic E-state index is 0.466. The molecule has 88 valence electrons. The van der Waals surface area contributed by atoms with E-state index in [2.05, 4.69) is 15.5 Å². The molecule has 3 N–H and O–H groups in total. The van der Waals surface area contributed by atoms with E-state index in [9.17, 15) is 0 Å². The van der Waals surface area contributed by atoms with Crippen LogP contribution < -0.4 is 11.2 Å². The van der Waals surface area contributed by atoms with Crippen molar-refractivity contribution in [2.45, 2.75) is 0 Å². The second-order valence-corrected chi connectivity index (χ2v) is 4.82. The Morgan fingerprint density at radius 3 is 2.94 bits per heavy atom. The van der Waals surface area contributed by atoms with E-state index in [-0.39, 0.29) is 0 Å². The number of nitrogens with two attached hydrogens (primary N) is 1. The van der Waals surface area contributed by atoms with Crippen molar-refractivity contribution >= 4 is 51.7 Å². The van der Waals surface area contributed by atoms with Gasteiger partial charge in [0.05, 0.1) is 6.21 Å². The Kier molecular flexibility index (Phi) is 3.83. The molecule has 0 saturated carbocycles. The molecule has 17 heavy (non-hydrogen) atoms. The molecule has 0 spiro atoms. The molecule has 7 heteroatoms. The van der Waals surface area contributed by atoms with E-state index < -0.39 is 0 Å². The topological polar surface area (TPSA) is 63.3 Å². The summed E-state index contributed by atoms with van der Waals surface area (Å²) >= 11 is 13.2. The number of nitrogens with one attached hydrogen (secondary N) is 1. The fraction of sp³-hybridized carbons (Fsp3) is 0. The zero-order chi connectivity index (χ0) is 12.3. The largest absolute Gasteiger partial charge is 0.383 e. The maximum atomic E-state index is 5.97. The third-order valence-electron chi connectivity index (χ3n) is 1.84. The summed E-state index contributed by atoms with van der Waals surface area (Å²) in [4.78, 5) is 3.99. The van der Waals surface area contributed by atoms with Crippen molar-refractivity contribution in [2.75, 3.05) is 11.2 Å². The second kappa shape index (κ2) is 5.35. The predicted molar refractivity (Wildman–Crippen MR) is 74.2 cm³/mol. The maximum Gasteiger partial charge on any atom is 0.205 e. The van der Waals surface area contributed by atoms with Crippen LogP contribution in [0.3, 0.4) is 0 Å². The summed E-state index contributed by atoms with van der Waals surface area (Å²) in [6, 6.07) is 5.16. The summed E-state index contributed by atoms with van der Waals surface area (Å²) in [5.74, 6) is 0.466. The number of aromatic nitrogens is 1. The average Bonchev–Trinajstić information content (AvgIpc) is 2.69. The molecule has 1 aromatic carbocycles. The lowest BCUT2D eigenvalue weighted by Gasteiger charge is -1.98. The van der Waals surface area contributed by atoms with Gasteiger partial charge in [0.15, 0.2) is 0 Å². The SMILES string of the molecule is Nc1csc(NN=Cc2cc(Cl)ccc2Cl)n1. The number of halogens is 2. The first-order chi connectivity index (χ1) is 8.15. The molecular formula is C10H8Cl2N4S. The van der Waals surface area contributed by atoms with Crippen molar-refractivity contribution in [3.63, 3.8) is 0 Å². The summed E-state index contributed by atoms with van der Waals surface area (Å²) in [5.41, 5.74) is 8.96. The highest BCUT2D eigenvalue weighted by Gasteiger charge is 1.99. The number of hydrazone groups is 1. The number of anilines is 2. The minimum Gasteiger partial charge on any atom is -0.383 e. The van der Waals surface area contributed by atoms with Gasteiger partial charge in [0, 0.05) is 21.0 Å². The molecule has 2 aromatic rings. The Bertz CT molecular complexity index is 553. The first-order valence-electron chi connectivity index (χ1n) is 4.60. The normalized spacial score (nSPS) is 10.9. The molecule has 0 unspecified atom stereocenters. The summed E-state index contributed by atoms with van der Waals surface area (Å²) in [7, 11) is 0. The fourth-order valence-electron chi connectivity index (χ4n) is 1.11. The van der Waals surface area contributed by atoms with Crippen LogP contribution in [0.25, 0.3) is 0 Å². The number of hydrogen-bond donors (Lipinski definition) is 2. The Hall–Kier alpha value is -1.30. The molecule has 1 heterocycles. The molecule has 0 saturated heterocycles. The maximum absolute atomic E-state index is 5.97. The van der Waals surface area contributed by atoms with Gasteiger partial charge in [-0.15, -0.1) is 11.3 Å². The van der Waals surface area contributed by atoms with Crippen LogP contribution in [-0.2, 0) is 0 Å². The number of rotatable bonds is 3. The fourth-order valence-corrected chi connectivity index (χ4v) is 2.00. The first kappa shape index (κ1) is 12.2. The Labute approximate surface area is 112 Å². The zero-order valence-corrected chi connectivity index (χ0v) is 10.9. The van der Waals surface area contributed by atoms with Gasteiger partial charge in [-0.1, -0.05) is 23.2 Å². The van der Waals surface area contributed by atoms with E-state index in [1.165, 1.54) is 11.3 Å². The van der Waals surface area contributed by atoms with E-state index in [4.69, 9.17) is 28.9 Å². The number of nitrogen functional groups attached to an aromatic ring is 1. The highest BCUT2D eigenvalue weighted by Crippen LogP contribution is 2.19. The van der Waals surface area contributed by atoms with E-state index >= 15 is 0 Å². The second-order valence-electron chi connectivity index (χ2n) is 3.11. The van der Waals surface area contributed by atoms with Crippen molar-refractivity contribution in [3.8, 4) is 0 Å². The molecule has 0 fully saturated rings. The van der Waals surface area contributed by atoms with Crippen LogP contribution in [0.1, 0.15) is 5.56 Å². The molecule has 0 aliphatic heterocycles. The van der Waals surface area contributed by atoms with Crippen molar-refractivity contribution in [1.82, 2.24) is 4.98 Å². The van der Waals surface area contributed by atoms with Crippen LogP contribution >= 0.6 is 34.5 Å². The zero-order valence-electron chi connectivity index (χ0n) is 8.52. The van der Waals surface area contributed by atoms with Crippen LogP contribution in [0, 0.1) is 0 Å². The van der Waals surface area contributed by atoms with E-state index in [1.807, 2.05) is 0 Å². The third-order valence-corrected chi connectivity index (χ3v) is 3.19. The number of hydrogen-bond acceptors (Lipinski definition) is 5. The Morgan fingerprint density at radius 2 is 2.24 bits per heavy atom. The highest BCUT2D eigenvalue weighted by molar-refractivity contribution is 7.14. The van der Waals surface area contributed by atoms with E-state index in [0.29, 0.717) is 21.0 Å². The van der Waals surface area contributed by atoms with Gasteiger partial charge in [-0.2, -0.15) is 5.10 Å². The van der Waals surface area contributed by atoms with Gasteiger partial charge in [-0.05, 0) is 18.2 Å². The summed E-state index contributed by atoms with van der Waals surface area (Å²) in [5, 5.41) is 7.54. The molecule has 0 atom stereocenters. The van der Waals surface area contributed by atoms with Crippen LogP contribution in [-0.4, -0.2) is 11.2 Å². The molecule has 0 radical (unpaired) electrons. The minimum atomic E-state index is 0.466. The monoisotopic (exact) mass is 286 g/mol. The van der Waals surface area contributed by atoms with Crippen molar-refractivity contribution in [1.29, 1.82) is 0 Å². The van der Waals surface area contributed by atoms with Gasteiger partial charge in [0.25, 0.3) is 0 Å². The van der Waals surface area contributed by atoms with Gasteiger partial charge in [-0.25, -0.2) is 4.98 Å². The molecule has 1 aromatic heterocycles. The number of nitrogens with zero attached hydrogens (tertiary/aromatic N) is 2. The quantitative estimate of drug-likeness (QED) is 0.671. The van der Waals surface area contributed by atoms with Gasteiger partial charge in [0.2, 0.25) is 5.13 Å². The smallest absolute Gasteiger partial charge is 0.205 e. The molecule has 0 aliphatic rings. The summed E-state index contributed by atoms with van der Waals surface area (Å²) in [6.45, 7) is 0. The predicted octanol–water partition coefficient (Wildman–Crippen LogP) is 3.48. The van der Waals surface area contributed by atoms with Crippen molar-refractivity contribution in [2.24, 2.45) is 5.10 Å². The lowest BCUT2D eigenvalue weighted by Crippen LogP contribution is -1.91. The Balaban J connectivity index is 2.07. The first-order valence-corrected chi connectivity index (χ1v) is 6.24. The van der Waals surface area contributed by atoms with Gasteiger partial charge >= 0.3 is 0 Å². The molecule has 2 rings (SSSR count). The number of benzene rings is 1. The lowest BCUT2D eigenvalue weighted by atomic mass is 10.2. The average molecular weight is 287 g/mol. The van der Waals surface area contributed by atoms with Gasteiger partial charge in [-0.3, -0.25) is 5.43 Å². The van der Waals surface area contributed by atoms with Gasteiger partial charge < -0.3 is 5.73 Å². The van der Waals surface area contributed by atoms with E-state index in [0.717, 1.165) is 5.56 Å². The van der Waals surface area contributed by atoms with Crippen LogP contribution in [0.5, 0.6) is 0 Å². The molecule has 4 nitrogen and oxygen atoms in total. The standard InChI is InChI=1S/C10H8Cl2N4S/c11-7-1-2-8(12)6(3-7)4-14-16-10-15-9(13)5-17-10/h1-5H,13H2,(H,15,16). The summed E-state index contributed by atoms with van der Waals surface area (Å²) in [6.07, 6.45) is 1.58. The van der Waals surface area contributed by atoms with Crippen molar-refractivity contribution in [3.05, 3.63) is 39.2 Å².